The van der Waals surface area contributed by atoms with E-state index < -0.39 is 16.7 Å². The lowest BCUT2D eigenvalue weighted by atomic mass is 10.1. The molecule has 0 bridgehead atoms. The Morgan fingerprint density at radius 2 is 1.78 bits per heavy atom. The van der Waals surface area contributed by atoms with Gasteiger partial charge in [0.1, 0.15) is 0 Å². The summed E-state index contributed by atoms with van der Waals surface area (Å²) in [6.07, 6.45) is 0. The van der Waals surface area contributed by atoms with Crippen LogP contribution in [0.5, 0.6) is 0 Å². The number of carbonyl (C=O) groups excluding carboxylic acids is 2. The summed E-state index contributed by atoms with van der Waals surface area (Å²) in [4.78, 5) is 37.8. The average Bonchev–Trinajstić information content (AvgIpc) is 2.88. The molecular weight excluding hydrogens is 388 g/mol. The predicted octanol–water partition coefficient (Wildman–Crippen LogP) is 4.59. The van der Waals surface area contributed by atoms with Crippen molar-refractivity contribution in [1.29, 1.82) is 0 Å². The number of thioether (sulfide) groups is 1. The predicted molar refractivity (Wildman–Crippen MR) is 107 cm³/mol. The molecule has 0 radical (unpaired) electrons. The van der Waals surface area contributed by atoms with E-state index in [0.717, 1.165) is 10.5 Å². The number of benzene rings is 2. The monoisotopic (exact) mass is 402 g/mol. The highest BCUT2D eigenvalue weighted by molar-refractivity contribution is 8.04. The van der Waals surface area contributed by atoms with Gasteiger partial charge in [0, 0.05) is 17.2 Å². The van der Waals surface area contributed by atoms with Gasteiger partial charge in [-0.25, -0.2) is 4.90 Å². The van der Waals surface area contributed by atoms with Crippen LogP contribution in [0.1, 0.15) is 18.1 Å². The van der Waals surface area contributed by atoms with Crippen LogP contribution in [0.2, 0.25) is 5.02 Å². The Labute approximate surface area is 165 Å². The Balaban J connectivity index is 2.07. The molecular formula is C19H15ClN2O4S. The van der Waals surface area contributed by atoms with E-state index in [0.29, 0.717) is 26.9 Å². The minimum atomic E-state index is -0.512. The molecule has 0 saturated carbocycles. The van der Waals surface area contributed by atoms with Gasteiger partial charge in [0.15, 0.2) is 0 Å². The molecule has 138 valence electrons. The molecule has 0 spiro atoms. The minimum Gasteiger partial charge on any atom is -0.268 e. The number of hydrogen-bond acceptors (Lipinski definition) is 5. The second-order valence-corrected chi connectivity index (χ2v) is 7.50. The lowest BCUT2D eigenvalue weighted by Gasteiger charge is -2.16. The third-order valence-electron chi connectivity index (χ3n) is 4.11. The van der Waals surface area contributed by atoms with Crippen molar-refractivity contribution in [3.63, 3.8) is 0 Å². The number of nitro benzene ring substituents is 1. The third kappa shape index (κ3) is 3.48. The number of amides is 2. The minimum absolute atomic E-state index is 0.0806. The van der Waals surface area contributed by atoms with E-state index >= 15 is 0 Å². The molecule has 0 unspecified atom stereocenters. The molecule has 0 fully saturated rings. The maximum atomic E-state index is 13.1. The number of anilines is 1. The van der Waals surface area contributed by atoms with Crippen molar-refractivity contribution in [3.8, 4) is 0 Å². The first-order valence-corrected chi connectivity index (χ1v) is 9.48. The van der Waals surface area contributed by atoms with Gasteiger partial charge in [-0.05, 0) is 48.1 Å². The number of nitrogens with zero attached hydrogens (tertiary/aromatic N) is 2. The van der Waals surface area contributed by atoms with Crippen LogP contribution in [0.3, 0.4) is 0 Å². The van der Waals surface area contributed by atoms with Crippen molar-refractivity contribution >= 4 is 52.1 Å². The van der Waals surface area contributed by atoms with Crippen LogP contribution < -0.4 is 4.90 Å². The fourth-order valence-corrected chi connectivity index (χ4v) is 3.78. The summed E-state index contributed by atoms with van der Waals surface area (Å²) in [6.45, 7) is 3.72. The number of non-ortho nitro benzene ring substituents is 1. The fourth-order valence-electron chi connectivity index (χ4n) is 2.75. The maximum Gasteiger partial charge on any atom is 0.272 e. The van der Waals surface area contributed by atoms with E-state index in [1.807, 2.05) is 13.8 Å². The molecule has 0 saturated heterocycles. The molecule has 1 aliphatic rings. The molecule has 0 aliphatic carbocycles. The molecule has 0 N–H and O–H groups in total. The first-order chi connectivity index (χ1) is 12.8. The van der Waals surface area contributed by atoms with Crippen molar-refractivity contribution < 1.29 is 14.5 Å². The van der Waals surface area contributed by atoms with E-state index in [1.165, 1.54) is 36.0 Å². The number of hydrogen-bond donors (Lipinski definition) is 0. The lowest BCUT2D eigenvalue weighted by Crippen LogP contribution is -2.31. The molecule has 1 aliphatic heterocycles. The van der Waals surface area contributed by atoms with Gasteiger partial charge in [-0.1, -0.05) is 24.6 Å². The van der Waals surface area contributed by atoms with E-state index in [-0.39, 0.29) is 11.3 Å². The van der Waals surface area contributed by atoms with Gasteiger partial charge in [-0.3, -0.25) is 19.7 Å². The smallest absolute Gasteiger partial charge is 0.268 e. The van der Waals surface area contributed by atoms with Crippen molar-refractivity contribution in [2.45, 2.75) is 13.8 Å². The largest absolute Gasteiger partial charge is 0.272 e. The zero-order valence-corrected chi connectivity index (χ0v) is 16.1. The Morgan fingerprint density at radius 1 is 1.11 bits per heavy atom. The fraction of sp³-hybridized carbons (Fsp3) is 0.158. The highest BCUT2D eigenvalue weighted by Gasteiger charge is 2.40. The number of aryl methyl sites for hydroxylation is 1. The Bertz CT molecular complexity index is 986. The van der Waals surface area contributed by atoms with Crippen LogP contribution in [0.25, 0.3) is 5.57 Å². The van der Waals surface area contributed by atoms with Gasteiger partial charge >= 0.3 is 0 Å². The number of imide groups is 1. The van der Waals surface area contributed by atoms with Crippen LogP contribution in [-0.2, 0) is 9.59 Å². The van der Waals surface area contributed by atoms with Crippen LogP contribution in [0.15, 0.2) is 47.4 Å². The van der Waals surface area contributed by atoms with Gasteiger partial charge in [-0.2, -0.15) is 0 Å². The molecule has 1 heterocycles. The first kappa shape index (κ1) is 19.1. The summed E-state index contributed by atoms with van der Waals surface area (Å²) in [5.74, 6) is -0.280. The zero-order chi connectivity index (χ0) is 19.7. The topological polar surface area (TPSA) is 80.5 Å². The summed E-state index contributed by atoms with van der Waals surface area (Å²) in [5.41, 5.74) is 1.87. The van der Waals surface area contributed by atoms with Crippen LogP contribution in [0.4, 0.5) is 11.4 Å². The van der Waals surface area contributed by atoms with Crippen LogP contribution >= 0.6 is 23.4 Å². The number of carbonyl (C=O) groups is 2. The molecule has 2 aromatic carbocycles. The molecule has 3 rings (SSSR count). The average molecular weight is 403 g/mol. The Morgan fingerprint density at radius 3 is 2.33 bits per heavy atom. The molecule has 6 nitrogen and oxygen atoms in total. The van der Waals surface area contributed by atoms with Crippen LogP contribution in [-0.4, -0.2) is 22.5 Å². The molecule has 0 atom stereocenters. The summed E-state index contributed by atoms with van der Waals surface area (Å²) in [6, 6.07) is 10.6. The van der Waals surface area contributed by atoms with Crippen molar-refractivity contribution in [2.75, 3.05) is 10.7 Å². The van der Waals surface area contributed by atoms with Crippen molar-refractivity contribution in [1.82, 2.24) is 0 Å². The summed E-state index contributed by atoms with van der Waals surface area (Å²) < 4.78 is 0. The van der Waals surface area contributed by atoms with E-state index in [4.69, 9.17) is 11.6 Å². The molecule has 2 aromatic rings. The molecule has 8 heteroatoms. The standard InChI is InChI=1S/C19H15ClN2O4S/c1-3-27-17-16(12-5-8-13(9-6-12)22(25)26)18(23)21(19(17)24)14-7-4-11(2)15(20)10-14/h4-10H,3H2,1-2H3. The third-order valence-corrected chi connectivity index (χ3v) is 5.47. The second-order valence-electron chi connectivity index (χ2n) is 5.82. The van der Waals surface area contributed by atoms with E-state index in [2.05, 4.69) is 0 Å². The Hall–Kier alpha value is -2.64. The molecule has 0 aromatic heterocycles. The maximum absolute atomic E-state index is 13.1. The SMILES string of the molecule is CCSC1=C(c2ccc([N+](=O)[O-])cc2)C(=O)N(c2ccc(C)c(Cl)c2)C1=O. The second kappa shape index (κ2) is 7.54. The number of nitro groups is 1. The van der Waals surface area contributed by atoms with Gasteiger partial charge in [0.25, 0.3) is 17.5 Å². The van der Waals surface area contributed by atoms with Crippen molar-refractivity contribution in [2.24, 2.45) is 0 Å². The van der Waals surface area contributed by atoms with Crippen molar-refractivity contribution in [3.05, 3.63) is 73.6 Å². The number of rotatable bonds is 5. The molecule has 2 amide bonds. The van der Waals surface area contributed by atoms with Crippen LogP contribution in [0, 0.1) is 17.0 Å². The quantitative estimate of drug-likeness (QED) is 0.415. The highest BCUT2D eigenvalue weighted by atomic mass is 35.5. The highest BCUT2D eigenvalue weighted by Crippen LogP contribution is 2.39. The Kier molecular flexibility index (Phi) is 5.34. The van der Waals surface area contributed by atoms with E-state index in [1.54, 1.807) is 18.2 Å². The van der Waals surface area contributed by atoms with Gasteiger partial charge in [0.05, 0.1) is 21.1 Å². The summed E-state index contributed by atoms with van der Waals surface area (Å²) in [7, 11) is 0. The normalized spacial score (nSPS) is 14.3. The first-order valence-electron chi connectivity index (χ1n) is 8.12. The van der Waals surface area contributed by atoms with Gasteiger partial charge in [-0.15, -0.1) is 11.8 Å². The molecule has 27 heavy (non-hydrogen) atoms. The lowest BCUT2D eigenvalue weighted by molar-refractivity contribution is -0.384. The summed E-state index contributed by atoms with van der Waals surface area (Å²) >= 11 is 7.42. The summed E-state index contributed by atoms with van der Waals surface area (Å²) in [5, 5.41) is 11.3. The van der Waals surface area contributed by atoms with Gasteiger partial charge in [0.2, 0.25) is 0 Å². The number of halogens is 1. The zero-order valence-electron chi connectivity index (χ0n) is 14.6. The van der Waals surface area contributed by atoms with E-state index in [9.17, 15) is 19.7 Å². The van der Waals surface area contributed by atoms with Gasteiger partial charge < -0.3 is 0 Å².